The molecule has 2 aromatic rings. The Morgan fingerprint density at radius 3 is 2.42 bits per heavy atom. The first-order valence-electron chi connectivity index (χ1n) is 5.64. The van der Waals surface area contributed by atoms with Crippen molar-refractivity contribution in [2.45, 2.75) is 6.54 Å². The van der Waals surface area contributed by atoms with E-state index in [0.717, 1.165) is 31.8 Å². The largest absolute Gasteiger partial charge is 0.497 e. The van der Waals surface area contributed by atoms with Crippen molar-refractivity contribution in [3.63, 3.8) is 0 Å². The van der Waals surface area contributed by atoms with Gasteiger partial charge in [0.05, 0.1) is 11.6 Å². The van der Waals surface area contributed by atoms with Crippen LogP contribution in [0.4, 0.5) is 0 Å². The van der Waals surface area contributed by atoms with E-state index in [9.17, 15) is 0 Å². The molecule has 2 rings (SSSR count). The summed E-state index contributed by atoms with van der Waals surface area (Å²) >= 11 is 6.88. The maximum absolute atomic E-state index is 5.88. The fraction of sp³-hybridized carbons (Fsp3) is 0.143. The maximum Gasteiger partial charge on any atom is 0.141 e. The van der Waals surface area contributed by atoms with Gasteiger partial charge in [-0.3, -0.25) is 0 Å². The van der Waals surface area contributed by atoms with Gasteiger partial charge in [-0.1, -0.05) is 15.9 Å². The lowest BCUT2D eigenvalue weighted by Gasteiger charge is -2.12. The van der Waals surface area contributed by atoms with E-state index in [0.29, 0.717) is 6.54 Å². The zero-order valence-corrected chi connectivity index (χ0v) is 13.5. The van der Waals surface area contributed by atoms with Gasteiger partial charge in [0, 0.05) is 16.6 Å². The molecule has 0 amide bonds. The Morgan fingerprint density at radius 2 is 1.79 bits per heavy atom. The minimum Gasteiger partial charge on any atom is -0.497 e. The molecule has 100 valence electrons. The third-order valence-corrected chi connectivity index (χ3v) is 3.71. The van der Waals surface area contributed by atoms with Crippen molar-refractivity contribution < 1.29 is 9.47 Å². The molecule has 0 aliphatic heterocycles. The van der Waals surface area contributed by atoms with Crippen LogP contribution in [0, 0.1) is 0 Å². The summed E-state index contributed by atoms with van der Waals surface area (Å²) in [4.78, 5) is 0. The number of benzene rings is 2. The molecular weight excluding hydrogens is 374 g/mol. The molecule has 0 saturated carbocycles. The summed E-state index contributed by atoms with van der Waals surface area (Å²) in [5, 5.41) is 0. The van der Waals surface area contributed by atoms with Gasteiger partial charge in [0.15, 0.2) is 0 Å². The number of rotatable bonds is 4. The van der Waals surface area contributed by atoms with Gasteiger partial charge in [-0.25, -0.2) is 0 Å². The molecule has 19 heavy (non-hydrogen) atoms. The van der Waals surface area contributed by atoms with Gasteiger partial charge in [-0.05, 0) is 52.3 Å². The molecule has 0 aliphatic rings. The maximum atomic E-state index is 5.88. The molecule has 2 N–H and O–H groups in total. The molecule has 2 aromatic carbocycles. The van der Waals surface area contributed by atoms with Gasteiger partial charge in [0.1, 0.15) is 17.2 Å². The highest BCUT2D eigenvalue weighted by Gasteiger charge is 2.08. The van der Waals surface area contributed by atoms with Crippen molar-refractivity contribution in [1.29, 1.82) is 0 Å². The van der Waals surface area contributed by atoms with E-state index in [1.54, 1.807) is 7.11 Å². The lowest BCUT2D eigenvalue weighted by molar-refractivity contribution is 0.412. The topological polar surface area (TPSA) is 44.5 Å². The number of methoxy groups -OCH3 is 1. The highest BCUT2D eigenvalue weighted by molar-refractivity contribution is 9.10. The molecule has 0 heterocycles. The van der Waals surface area contributed by atoms with Crippen molar-refractivity contribution in [2.24, 2.45) is 5.73 Å². The van der Waals surface area contributed by atoms with E-state index in [4.69, 9.17) is 15.2 Å². The summed E-state index contributed by atoms with van der Waals surface area (Å²) in [5.41, 5.74) is 6.67. The van der Waals surface area contributed by atoms with Crippen molar-refractivity contribution >= 4 is 31.9 Å². The molecule has 0 saturated heterocycles. The molecule has 0 spiro atoms. The van der Waals surface area contributed by atoms with Crippen LogP contribution >= 0.6 is 31.9 Å². The smallest absolute Gasteiger partial charge is 0.141 e. The third kappa shape index (κ3) is 3.49. The van der Waals surface area contributed by atoms with E-state index in [1.807, 2.05) is 36.4 Å². The molecular formula is C14H13Br2NO2. The van der Waals surface area contributed by atoms with Gasteiger partial charge in [-0.15, -0.1) is 0 Å². The highest BCUT2D eigenvalue weighted by Crippen LogP contribution is 2.34. The van der Waals surface area contributed by atoms with Gasteiger partial charge in [0.2, 0.25) is 0 Å². The average molecular weight is 387 g/mol. The second-order valence-corrected chi connectivity index (χ2v) is 5.62. The normalized spacial score (nSPS) is 10.3. The standard InChI is InChI=1S/C14H13Br2NO2/c1-18-11-3-5-14(12(16)7-11)19-13-4-2-10(15)6-9(13)8-17/h2-7H,8,17H2,1H3. The third-order valence-electron chi connectivity index (χ3n) is 2.60. The van der Waals surface area contributed by atoms with Crippen molar-refractivity contribution in [3.05, 3.63) is 50.9 Å². The lowest BCUT2D eigenvalue weighted by atomic mass is 10.2. The highest BCUT2D eigenvalue weighted by atomic mass is 79.9. The Labute approximate surface area is 129 Å². The first-order chi connectivity index (χ1) is 9.13. The second-order valence-electron chi connectivity index (χ2n) is 3.85. The number of hydrogen-bond acceptors (Lipinski definition) is 3. The van der Waals surface area contributed by atoms with Gasteiger partial charge >= 0.3 is 0 Å². The van der Waals surface area contributed by atoms with Crippen LogP contribution in [0.5, 0.6) is 17.2 Å². The van der Waals surface area contributed by atoms with Crippen LogP contribution < -0.4 is 15.2 Å². The quantitative estimate of drug-likeness (QED) is 0.842. The summed E-state index contributed by atoms with van der Waals surface area (Å²) in [6.07, 6.45) is 0. The molecule has 0 aliphatic carbocycles. The Balaban J connectivity index is 2.31. The number of ether oxygens (including phenoxy) is 2. The van der Waals surface area contributed by atoms with E-state index in [-0.39, 0.29) is 0 Å². The van der Waals surface area contributed by atoms with Crippen LogP contribution in [0.1, 0.15) is 5.56 Å². The zero-order chi connectivity index (χ0) is 13.8. The average Bonchev–Trinajstić information content (AvgIpc) is 2.42. The van der Waals surface area contributed by atoms with E-state index >= 15 is 0 Å². The van der Waals surface area contributed by atoms with Crippen LogP contribution in [0.15, 0.2) is 45.3 Å². The molecule has 0 bridgehead atoms. The monoisotopic (exact) mass is 385 g/mol. The van der Waals surface area contributed by atoms with E-state index in [2.05, 4.69) is 31.9 Å². The lowest BCUT2D eigenvalue weighted by Crippen LogP contribution is -1.99. The fourth-order valence-corrected chi connectivity index (χ4v) is 2.46. The SMILES string of the molecule is COc1ccc(Oc2ccc(Br)cc2CN)c(Br)c1. The Hall–Kier alpha value is -1.04. The minimum atomic E-state index is 0.419. The number of hydrogen-bond donors (Lipinski definition) is 1. The van der Waals surface area contributed by atoms with Gasteiger partial charge in [-0.2, -0.15) is 0 Å². The van der Waals surface area contributed by atoms with E-state index < -0.39 is 0 Å². The molecule has 0 unspecified atom stereocenters. The predicted molar refractivity (Wildman–Crippen MR) is 82.8 cm³/mol. The predicted octanol–water partition coefficient (Wildman–Crippen LogP) is 4.47. The molecule has 3 nitrogen and oxygen atoms in total. The number of nitrogens with two attached hydrogens (primary N) is 1. The van der Waals surface area contributed by atoms with Crippen LogP contribution in [-0.4, -0.2) is 7.11 Å². The van der Waals surface area contributed by atoms with Crippen molar-refractivity contribution in [1.82, 2.24) is 0 Å². The Morgan fingerprint density at radius 1 is 1.05 bits per heavy atom. The molecule has 0 aromatic heterocycles. The molecule has 0 fully saturated rings. The first kappa shape index (κ1) is 14.4. The van der Waals surface area contributed by atoms with Crippen molar-refractivity contribution in [2.75, 3.05) is 7.11 Å². The zero-order valence-electron chi connectivity index (χ0n) is 10.3. The summed E-state index contributed by atoms with van der Waals surface area (Å²) < 4.78 is 12.8. The summed E-state index contributed by atoms with van der Waals surface area (Å²) in [7, 11) is 1.63. The summed E-state index contributed by atoms with van der Waals surface area (Å²) in [6, 6.07) is 11.3. The van der Waals surface area contributed by atoms with Crippen LogP contribution in [0.25, 0.3) is 0 Å². The minimum absolute atomic E-state index is 0.419. The summed E-state index contributed by atoms with van der Waals surface area (Å²) in [5.74, 6) is 2.24. The Bertz CT molecular complexity index is 588. The van der Waals surface area contributed by atoms with Crippen LogP contribution in [0.3, 0.4) is 0 Å². The molecule has 0 atom stereocenters. The second kappa shape index (κ2) is 6.41. The van der Waals surface area contributed by atoms with Gasteiger partial charge in [0.25, 0.3) is 0 Å². The molecule has 5 heteroatoms. The van der Waals surface area contributed by atoms with Crippen LogP contribution in [0.2, 0.25) is 0 Å². The Kier molecular flexibility index (Phi) is 4.85. The summed E-state index contributed by atoms with van der Waals surface area (Å²) in [6.45, 7) is 0.419. The fourth-order valence-electron chi connectivity index (χ4n) is 1.62. The van der Waals surface area contributed by atoms with Crippen LogP contribution in [-0.2, 0) is 6.54 Å². The first-order valence-corrected chi connectivity index (χ1v) is 7.22. The van der Waals surface area contributed by atoms with Gasteiger partial charge < -0.3 is 15.2 Å². The molecule has 0 radical (unpaired) electrons. The van der Waals surface area contributed by atoms with Crippen molar-refractivity contribution in [3.8, 4) is 17.2 Å². The van der Waals surface area contributed by atoms with E-state index in [1.165, 1.54) is 0 Å². The number of halogens is 2.